The Morgan fingerprint density at radius 1 is 0.322 bits per heavy atom. The second-order valence-electron chi connectivity index (χ2n) is 17.9. The molecule has 0 spiro atoms. The van der Waals surface area contributed by atoms with Crippen LogP contribution in [0.5, 0.6) is 34.9 Å². The van der Waals surface area contributed by atoms with E-state index in [1.165, 1.54) is 11.4 Å². The van der Waals surface area contributed by atoms with Gasteiger partial charge in [-0.25, -0.2) is 15.0 Å². The molecule has 6 heterocycles. The molecule has 0 unspecified atom stereocenters. The zero-order chi connectivity index (χ0) is 57.6. The second-order valence-corrected chi connectivity index (χ2v) is 17.9. The van der Waals surface area contributed by atoms with E-state index in [-0.39, 0.29) is 60.3 Å². The first-order chi connectivity index (χ1) is 41.5. The Morgan fingerprint density at radius 3 is 1.08 bits per heavy atom. The summed E-state index contributed by atoms with van der Waals surface area (Å²) in [6.07, 6.45) is 13.1. The summed E-state index contributed by atoms with van der Waals surface area (Å²) >= 11 is 0. The standard InChI is InChI=1S/C15H12N2.C14H12N2.3C11H8NO.C10H10N2.3Ir/c1-3-7-14(8-4-1)16-11-12-17(13-16)15-9-5-2-6-10-15;1-15-11-16(12-7-3-2-4-8-12)14-10-6-5-9-13(14)15;3*1-2-6-10(7-3-1)13-11-8-4-5-9-12-11;1-11-7-8-12(9-11)10-5-3-2-4-6-10;;;/h1-9,11-13H;2-7,9-11H,1H3;3*1-6,8-9H;2-5,7-9H,1H3;;;/q2*-2;3*-1;-2;3*+3. The predicted molar refractivity (Wildman–Crippen MR) is 334 cm³/mol. The third-order valence-electron chi connectivity index (χ3n) is 11.8. The van der Waals surface area contributed by atoms with Crippen molar-refractivity contribution in [3.05, 3.63) is 355 Å². The summed E-state index contributed by atoms with van der Waals surface area (Å²) in [7, 11) is 4.06. The van der Waals surface area contributed by atoms with Crippen molar-refractivity contribution >= 4 is 34.1 Å². The molecule has 14 rings (SSSR count). The summed E-state index contributed by atoms with van der Waals surface area (Å²) in [6.45, 7) is 6.13. The Kier molecular flexibility index (Phi) is 28.7. The van der Waals surface area contributed by atoms with Crippen LogP contribution in [-0.2, 0) is 60.3 Å². The van der Waals surface area contributed by atoms with Gasteiger partial charge in [-0.3, -0.25) is 0 Å². The molecule has 11 aromatic rings. The van der Waals surface area contributed by atoms with Crippen molar-refractivity contribution in [2.75, 3.05) is 38.6 Å². The molecule has 3 aliphatic rings. The first-order valence-electron chi connectivity index (χ1n) is 26.7. The largest absolute Gasteiger partial charge is 3.00 e. The van der Waals surface area contributed by atoms with Crippen molar-refractivity contribution in [3.8, 4) is 34.9 Å². The van der Waals surface area contributed by atoms with Crippen LogP contribution >= 0.6 is 0 Å². The van der Waals surface area contributed by atoms with Crippen LogP contribution in [0.3, 0.4) is 0 Å². The van der Waals surface area contributed by atoms with Crippen molar-refractivity contribution in [1.82, 2.24) is 19.9 Å². The average molecular weight is 1670 g/mol. The molecule has 0 radical (unpaired) electrons. The molecular formula is C72H58Ir3N9O3. The fraction of sp³-hybridized carbons (Fsp3) is 0.0278. The molecule has 0 aliphatic carbocycles. The summed E-state index contributed by atoms with van der Waals surface area (Å²) in [5, 5.41) is 0. The third-order valence-corrected chi connectivity index (χ3v) is 11.8. The number of ether oxygens (including phenoxy) is 3. The predicted octanol–water partition coefficient (Wildman–Crippen LogP) is 16.4. The molecule has 12 nitrogen and oxygen atoms in total. The second kappa shape index (κ2) is 37.3. The SMILES string of the molecule is CN1C=CN(c2[c-]cccc2)[CH-]1.CN1[CH-]N(c2[c-]cccc2)c2ccccc21.[Ir+3].[Ir+3].[Ir+3].[c-]1ccccc1N1C=CN(c2ccccc2)[CH-]1.[c-]1ccccc1Oc1ccccn1.[c-]1ccccc1Oc1ccccn1.[c-]1ccccc1Oc1ccccn1. The van der Waals surface area contributed by atoms with E-state index < -0.39 is 0 Å². The van der Waals surface area contributed by atoms with Crippen LogP contribution < -0.4 is 38.7 Å². The van der Waals surface area contributed by atoms with Crippen molar-refractivity contribution in [3.63, 3.8) is 0 Å². The van der Waals surface area contributed by atoms with Gasteiger partial charge >= 0.3 is 60.3 Å². The number of hydrogen-bond acceptors (Lipinski definition) is 12. The summed E-state index contributed by atoms with van der Waals surface area (Å²) in [5.41, 5.74) is 6.76. The van der Waals surface area contributed by atoms with Crippen LogP contribution in [0.15, 0.2) is 298 Å². The molecule has 8 aromatic carbocycles. The molecule has 0 bridgehead atoms. The summed E-state index contributed by atoms with van der Waals surface area (Å²) in [5.74, 6) is 3.81. The van der Waals surface area contributed by atoms with E-state index in [9.17, 15) is 0 Å². The number of fused-ring (bicyclic) bond motifs is 1. The van der Waals surface area contributed by atoms with E-state index in [4.69, 9.17) is 14.2 Å². The van der Waals surface area contributed by atoms with Gasteiger partial charge in [-0.1, -0.05) is 48.5 Å². The molecule has 3 aromatic heterocycles. The van der Waals surface area contributed by atoms with Gasteiger partial charge in [0.25, 0.3) is 0 Å². The first kappa shape index (κ1) is 67.0. The average Bonchev–Trinajstić information content (AvgIpc) is 3.87. The molecule has 0 saturated carbocycles. The van der Waals surface area contributed by atoms with Gasteiger partial charge in [0.1, 0.15) is 0 Å². The van der Waals surface area contributed by atoms with Crippen molar-refractivity contribution in [1.29, 1.82) is 0 Å². The minimum Gasteiger partial charge on any atom is -0.510 e. The zero-order valence-electron chi connectivity index (χ0n) is 47.3. The smallest absolute Gasteiger partial charge is 0.510 e. The maximum Gasteiger partial charge on any atom is 3.00 e. The van der Waals surface area contributed by atoms with E-state index in [1.807, 2.05) is 236 Å². The van der Waals surface area contributed by atoms with Crippen molar-refractivity contribution < 1.29 is 74.5 Å². The maximum atomic E-state index is 5.41. The van der Waals surface area contributed by atoms with Gasteiger partial charge in [0.2, 0.25) is 17.6 Å². The number of rotatable bonds is 10. The Bertz CT molecular complexity index is 3280. The fourth-order valence-corrected chi connectivity index (χ4v) is 7.80. The molecule has 3 aliphatic heterocycles. The Balaban J connectivity index is 0.000000166. The molecular weight excluding hydrogens is 1620 g/mol. The van der Waals surface area contributed by atoms with E-state index in [0.29, 0.717) is 34.9 Å². The van der Waals surface area contributed by atoms with E-state index in [2.05, 4.69) is 122 Å². The number of pyridine rings is 3. The summed E-state index contributed by atoms with van der Waals surface area (Å²) < 4.78 is 16.2. The van der Waals surface area contributed by atoms with Crippen LogP contribution in [0.25, 0.3) is 0 Å². The first-order valence-corrected chi connectivity index (χ1v) is 26.7. The molecule has 436 valence electrons. The Hall–Kier alpha value is -9.16. The van der Waals surface area contributed by atoms with E-state index in [1.54, 1.807) is 55.0 Å². The number of anilines is 6. The molecule has 87 heavy (non-hydrogen) atoms. The van der Waals surface area contributed by atoms with Crippen LogP contribution in [0.2, 0.25) is 0 Å². The van der Waals surface area contributed by atoms with Crippen LogP contribution in [0.1, 0.15) is 0 Å². The van der Waals surface area contributed by atoms with Crippen LogP contribution in [0.4, 0.5) is 34.1 Å². The maximum absolute atomic E-state index is 5.41. The Labute approximate surface area is 552 Å². The summed E-state index contributed by atoms with van der Waals surface area (Å²) in [6, 6.07) is 99.8. The van der Waals surface area contributed by atoms with Gasteiger partial charge < -0.3 is 43.6 Å². The quantitative estimate of drug-likeness (QED) is 0.122. The van der Waals surface area contributed by atoms with Gasteiger partial charge in [0.15, 0.2) is 0 Å². The Morgan fingerprint density at radius 2 is 0.690 bits per heavy atom. The molecule has 0 saturated heterocycles. The van der Waals surface area contributed by atoms with Gasteiger partial charge in [-0.2, -0.15) is 159 Å². The molecule has 15 heteroatoms. The third kappa shape index (κ3) is 22.0. The zero-order valence-corrected chi connectivity index (χ0v) is 54.5. The molecule has 0 amide bonds. The topological polar surface area (TPSA) is 85.8 Å². The fourth-order valence-electron chi connectivity index (χ4n) is 7.80. The number of benzene rings is 8. The van der Waals surface area contributed by atoms with Crippen molar-refractivity contribution in [2.24, 2.45) is 0 Å². The van der Waals surface area contributed by atoms with E-state index in [0.717, 1.165) is 22.7 Å². The van der Waals surface area contributed by atoms with Crippen LogP contribution in [0, 0.1) is 56.4 Å². The number of aromatic nitrogens is 3. The normalized spacial score (nSPS) is 11.8. The summed E-state index contributed by atoms with van der Waals surface area (Å²) in [4.78, 5) is 24.5. The van der Waals surface area contributed by atoms with Gasteiger partial charge in [-0.15, -0.1) is 60.1 Å². The number of hydrogen-bond donors (Lipinski definition) is 0. The monoisotopic (exact) mass is 1680 g/mol. The molecule has 0 fully saturated rings. The minimum atomic E-state index is 0. The van der Waals surface area contributed by atoms with Gasteiger partial charge in [0, 0.05) is 71.1 Å². The number of nitrogens with zero attached hydrogens (tertiary/aromatic N) is 9. The molecule has 0 N–H and O–H groups in total. The minimum absolute atomic E-state index is 0. The van der Waals surface area contributed by atoms with Gasteiger partial charge in [-0.05, 0) is 81.4 Å². The number of para-hydroxylation sites is 9. The van der Waals surface area contributed by atoms with Crippen molar-refractivity contribution in [2.45, 2.75) is 0 Å². The molecule has 0 atom stereocenters. The van der Waals surface area contributed by atoms with Gasteiger partial charge in [0.05, 0.1) is 0 Å². The van der Waals surface area contributed by atoms with Crippen LogP contribution in [-0.4, -0.2) is 33.9 Å². The van der Waals surface area contributed by atoms with E-state index >= 15 is 0 Å².